The van der Waals surface area contributed by atoms with Crippen LogP contribution in [0.5, 0.6) is 0 Å². The largest absolute Gasteiger partial charge is 0.394 e. The number of hydrogen-bond donors (Lipinski definition) is 12. The number of carbonyl (C=O) groups is 1. The summed E-state index contributed by atoms with van der Waals surface area (Å²) in [5, 5.41) is 120. The van der Waals surface area contributed by atoms with Gasteiger partial charge in [-0.25, -0.2) is 0 Å². The molecule has 17 atom stereocenters. The summed E-state index contributed by atoms with van der Waals surface area (Å²) in [4.78, 5) is 13.2. The first-order valence-corrected chi connectivity index (χ1v) is 26.4. The van der Waals surface area contributed by atoms with Crippen molar-refractivity contribution < 1.29 is 89.4 Å². The van der Waals surface area contributed by atoms with Crippen molar-refractivity contribution in [2.24, 2.45) is 0 Å². The summed E-state index contributed by atoms with van der Waals surface area (Å²) in [6.07, 6.45) is 9.43. The highest BCUT2D eigenvalue weighted by Crippen LogP contribution is 2.33. The number of rotatable bonds is 36. The Balaban J connectivity index is 1.53. The molecule has 0 aliphatic carbocycles. The molecule has 1 amide bonds. The fraction of sp³-hybridized carbons (Fsp3) is 0.827. The van der Waals surface area contributed by atoms with Gasteiger partial charge in [-0.1, -0.05) is 133 Å². The van der Waals surface area contributed by atoms with Crippen LogP contribution in [0.25, 0.3) is 0 Å². The van der Waals surface area contributed by atoms with E-state index in [1.807, 2.05) is 0 Å². The van der Waals surface area contributed by atoms with E-state index in [1.54, 1.807) is 0 Å². The quantitative estimate of drug-likeness (QED) is 0.0317. The third-order valence-electron chi connectivity index (χ3n) is 13.2. The van der Waals surface area contributed by atoms with Gasteiger partial charge in [-0.15, -0.1) is 0 Å². The van der Waals surface area contributed by atoms with Crippen molar-refractivity contribution in [3.05, 3.63) is 48.6 Å². The lowest BCUT2D eigenvalue weighted by atomic mass is 9.96. The first-order valence-electron chi connectivity index (χ1n) is 26.4. The zero-order chi connectivity index (χ0) is 52.0. The fourth-order valence-corrected chi connectivity index (χ4v) is 8.77. The number of aliphatic hydroxyl groups is 11. The molecule has 0 aromatic heterocycles. The predicted molar refractivity (Wildman–Crippen MR) is 263 cm³/mol. The van der Waals surface area contributed by atoms with Gasteiger partial charge in [0.05, 0.1) is 38.6 Å². The molecule has 3 heterocycles. The summed E-state index contributed by atoms with van der Waals surface area (Å²) >= 11 is 0. The van der Waals surface area contributed by atoms with Crippen LogP contribution in [0.4, 0.5) is 0 Å². The maximum Gasteiger partial charge on any atom is 0.220 e. The van der Waals surface area contributed by atoms with Crippen LogP contribution in [-0.2, 0) is 33.2 Å². The van der Waals surface area contributed by atoms with Crippen LogP contribution in [0.15, 0.2) is 48.6 Å². The molecule has 71 heavy (non-hydrogen) atoms. The standard InChI is InChI=1S/C52H91NO18/c1-3-5-7-9-11-13-14-15-16-17-18-19-20-22-24-26-28-30-40(58)53-35(36(57)29-27-25-23-21-12-10-8-6-4-2)34-66-50-46(64)43(61)48(38(32-55)68-50)71-52-47(65)44(62)49(39(33-56)69-52)70-51-45(63)42(60)41(59)37(31-54)67-51/h5,7,11,13,15-16,18-19,35-39,41-52,54-57,59-65H,3-4,6,8-10,12,14,17,20-34H2,1-2H3,(H,53,58)/b7-5-,13-11-,16-15-,19-18-. The molecule has 17 unspecified atom stereocenters. The molecule has 19 nitrogen and oxygen atoms in total. The van der Waals surface area contributed by atoms with Crippen molar-refractivity contribution in [1.82, 2.24) is 5.32 Å². The van der Waals surface area contributed by atoms with Crippen molar-refractivity contribution in [2.75, 3.05) is 26.4 Å². The van der Waals surface area contributed by atoms with Crippen LogP contribution in [-0.4, -0.2) is 193 Å². The van der Waals surface area contributed by atoms with Crippen molar-refractivity contribution in [1.29, 1.82) is 0 Å². The molecule has 3 rings (SSSR count). The Morgan fingerprint density at radius 1 is 0.521 bits per heavy atom. The van der Waals surface area contributed by atoms with Crippen LogP contribution in [0.1, 0.15) is 142 Å². The van der Waals surface area contributed by atoms with Crippen molar-refractivity contribution >= 4 is 5.91 Å². The predicted octanol–water partition coefficient (Wildman–Crippen LogP) is 2.36. The van der Waals surface area contributed by atoms with Gasteiger partial charge in [0.1, 0.15) is 73.2 Å². The van der Waals surface area contributed by atoms with Gasteiger partial charge < -0.3 is 89.9 Å². The molecule has 0 aromatic rings. The summed E-state index contributed by atoms with van der Waals surface area (Å²) in [5.74, 6) is -0.272. The number of carbonyl (C=O) groups excluding carboxylic acids is 1. The maximum absolute atomic E-state index is 13.2. The minimum atomic E-state index is -1.97. The average Bonchev–Trinajstić information content (AvgIpc) is 3.36. The van der Waals surface area contributed by atoms with E-state index < -0.39 is 124 Å². The minimum Gasteiger partial charge on any atom is -0.394 e. The van der Waals surface area contributed by atoms with Gasteiger partial charge in [-0.05, 0) is 51.4 Å². The number of nitrogens with one attached hydrogen (secondary N) is 1. The van der Waals surface area contributed by atoms with E-state index in [9.17, 15) is 61.0 Å². The second-order valence-electron chi connectivity index (χ2n) is 19.0. The Hall–Kier alpha value is -2.25. The van der Waals surface area contributed by atoms with E-state index in [0.717, 1.165) is 77.0 Å². The second kappa shape index (κ2) is 36.7. The smallest absolute Gasteiger partial charge is 0.220 e. The average molecular weight is 1020 g/mol. The number of allylic oxidation sites excluding steroid dienone is 8. The number of hydrogen-bond acceptors (Lipinski definition) is 18. The molecular weight excluding hydrogens is 927 g/mol. The summed E-state index contributed by atoms with van der Waals surface area (Å²) in [5.41, 5.74) is 0. The third-order valence-corrected chi connectivity index (χ3v) is 13.2. The van der Waals surface area contributed by atoms with Gasteiger partial charge in [0.2, 0.25) is 5.91 Å². The summed E-state index contributed by atoms with van der Waals surface area (Å²) in [6.45, 7) is 1.58. The van der Waals surface area contributed by atoms with E-state index in [2.05, 4.69) is 67.8 Å². The highest BCUT2D eigenvalue weighted by molar-refractivity contribution is 5.76. The zero-order valence-corrected chi connectivity index (χ0v) is 42.2. The van der Waals surface area contributed by atoms with Gasteiger partial charge in [0.15, 0.2) is 18.9 Å². The van der Waals surface area contributed by atoms with Crippen LogP contribution < -0.4 is 5.32 Å². The lowest BCUT2D eigenvalue weighted by Crippen LogP contribution is -2.66. The molecule has 3 aliphatic rings. The number of amides is 1. The molecule has 0 bridgehead atoms. The molecule has 0 radical (unpaired) electrons. The number of unbranched alkanes of at least 4 members (excludes halogenated alkanes) is 12. The zero-order valence-electron chi connectivity index (χ0n) is 42.2. The molecule has 3 aliphatic heterocycles. The van der Waals surface area contributed by atoms with Crippen molar-refractivity contribution in [3.8, 4) is 0 Å². The molecule has 19 heteroatoms. The Morgan fingerprint density at radius 2 is 0.972 bits per heavy atom. The number of ether oxygens (including phenoxy) is 6. The van der Waals surface area contributed by atoms with Crippen LogP contribution in [0.3, 0.4) is 0 Å². The first-order chi connectivity index (χ1) is 34.3. The lowest BCUT2D eigenvalue weighted by molar-refractivity contribution is -0.379. The first kappa shape index (κ1) is 63.0. The summed E-state index contributed by atoms with van der Waals surface area (Å²) < 4.78 is 34.1. The van der Waals surface area contributed by atoms with Gasteiger partial charge in [-0.3, -0.25) is 4.79 Å². The van der Waals surface area contributed by atoms with Gasteiger partial charge in [0.25, 0.3) is 0 Å². The van der Waals surface area contributed by atoms with Crippen LogP contribution in [0, 0.1) is 0 Å². The molecule has 0 saturated carbocycles. The van der Waals surface area contributed by atoms with Crippen molar-refractivity contribution in [2.45, 2.75) is 247 Å². The molecule has 12 N–H and O–H groups in total. The Labute approximate surface area is 421 Å². The summed E-state index contributed by atoms with van der Waals surface area (Å²) in [7, 11) is 0. The second-order valence-corrected chi connectivity index (χ2v) is 19.0. The van der Waals surface area contributed by atoms with E-state index in [0.29, 0.717) is 12.8 Å². The topological polar surface area (TPSA) is 307 Å². The molecule has 3 fully saturated rings. The lowest BCUT2D eigenvalue weighted by Gasteiger charge is -2.48. The maximum atomic E-state index is 13.2. The van der Waals surface area contributed by atoms with Gasteiger partial charge in [-0.2, -0.15) is 0 Å². The van der Waals surface area contributed by atoms with E-state index in [4.69, 9.17) is 28.4 Å². The highest BCUT2D eigenvalue weighted by atomic mass is 16.8. The van der Waals surface area contributed by atoms with Gasteiger partial charge >= 0.3 is 0 Å². The van der Waals surface area contributed by atoms with E-state index in [1.165, 1.54) is 32.1 Å². The van der Waals surface area contributed by atoms with Gasteiger partial charge in [0, 0.05) is 6.42 Å². The normalized spacial score (nSPS) is 32.7. The third kappa shape index (κ3) is 22.2. The number of aliphatic hydroxyl groups excluding tert-OH is 11. The summed E-state index contributed by atoms with van der Waals surface area (Å²) in [6, 6.07) is -0.898. The Bertz CT molecular complexity index is 1500. The Kier molecular flexibility index (Phi) is 32.5. The SMILES string of the molecule is CC/C=C\C/C=C\C/C=C\C/C=C\CCCCCCC(=O)NC(COC1OC(CO)C(OC2OC(CO)C(OC3OC(CO)C(O)C(O)C3O)C(O)C2O)C(O)C1O)C(O)CCCCCCCCCCC. The molecule has 0 aromatic carbocycles. The Morgan fingerprint density at radius 3 is 1.52 bits per heavy atom. The molecular formula is C52H91NO18. The van der Waals surface area contributed by atoms with E-state index in [-0.39, 0.29) is 18.9 Å². The molecule has 3 saturated heterocycles. The fourth-order valence-electron chi connectivity index (χ4n) is 8.77. The van der Waals surface area contributed by atoms with Crippen LogP contribution >= 0.6 is 0 Å². The van der Waals surface area contributed by atoms with E-state index >= 15 is 0 Å². The molecule has 412 valence electrons. The van der Waals surface area contributed by atoms with Crippen LogP contribution in [0.2, 0.25) is 0 Å². The molecule has 0 spiro atoms. The monoisotopic (exact) mass is 1020 g/mol. The highest BCUT2D eigenvalue weighted by Gasteiger charge is 2.53. The van der Waals surface area contributed by atoms with Crippen molar-refractivity contribution in [3.63, 3.8) is 0 Å². The minimum absolute atomic E-state index is 0.236.